The topological polar surface area (TPSA) is 33.0 Å². The van der Waals surface area contributed by atoms with Crippen LogP contribution in [0.5, 0.6) is 11.5 Å². The van der Waals surface area contributed by atoms with Gasteiger partial charge in [-0.3, -0.25) is 0 Å². The van der Waals surface area contributed by atoms with Crippen molar-refractivity contribution in [3.05, 3.63) is 58.1 Å². The Kier molecular flexibility index (Phi) is 5.20. The summed E-state index contributed by atoms with van der Waals surface area (Å²) < 4.78 is 6.62. The average Bonchev–Trinajstić information content (AvgIpc) is 2.46. The third-order valence-electron chi connectivity index (χ3n) is 2.98. The van der Waals surface area contributed by atoms with Crippen molar-refractivity contribution in [2.45, 2.75) is 26.2 Å². The van der Waals surface area contributed by atoms with Crippen LogP contribution in [0.15, 0.2) is 46.9 Å². The van der Waals surface area contributed by atoms with Gasteiger partial charge in [0.2, 0.25) is 0 Å². The Morgan fingerprint density at radius 3 is 2.50 bits per heavy atom. The molecular formula is C17H16BrNO. The summed E-state index contributed by atoms with van der Waals surface area (Å²) in [6, 6.07) is 15.6. The Labute approximate surface area is 128 Å². The van der Waals surface area contributed by atoms with Crippen LogP contribution in [0.4, 0.5) is 0 Å². The van der Waals surface area contributed by atoms with Crippen molar-refractivity contribution in [1.29, 1.82) is 5.26 Å². The van der Waals surface area contributed by atoms with Gasteiger partial charge in [0.15, 0.2) is 0 Å². The first-order chi connectivity index (χ1) is 9.71. The van der Waals surface area contributed by atoms with E-state index in [1.54, 1.807) is 12.1 Å². The monoisotopic (exact) mass is 329 g/mol. The minimum atomic E-state index is 0.578. The Morgan fingerprint density at radius 2 is 1.85 bits per heavy atom. The van der Waals surface area contributed by atoms with Gasteiger partial charge in [0.1, 0.15) is 11.5 Å². The summed E-state index contributed by atoms with van der Waals surface area (Å²) in [6.07, 6.45) is 3.51. The highest BCUT2D eigenvalue weighted by Crippen LogP contribution is 2.26. The molecule has 0 atom stereocenters. The fourth-order valence-electron chi connectivity index (χ4n) is 1.93. The molecule has 0 aliphatic heterocycles. The van der Waals surface area contributed by atoms with Gasteiger partial charge in [0.25, 0.3) is 0 Å². The molecule has 0 N–H and O–H groups in total. The van der Waals surface area contributed by atoms with Gasteiger partial charge in [-0.25, -0.2) is 0 Å². The fraction of sp³-hybridized carbons (Fsp3) is 0.235. The second-order valence-corrected chi connectivity index (χ2v) is 5.55. The van der Waals surface area contributed by atoms with Crippen LogP contribution in [0.25, 0.3) is 0 Å². The van der Waals surface area contributed by atoms with Gasteiger partial charge in [-0.05, 0) is 48.7 Å². The minimum absolute atomic E-state index is 0.578. The normalized spacial score (nSPS) is 10.1. The molecule has 0 bridgehead atoms. The molecule has 0 saturated carbocycles. The van der Waals surface area contributed by atoms with Crippen LogP contribution in [0.1, 0.15) is 30.9 Å². The molecule has 0 fully saturated rings. The van der Waals surface area contributed by atoms with Crippen LogP contribution < -0.4 is 4.74 Å². The summed E-state index contributed by atoms with van der Waals surface area (Å²) in [5, 5.41) is 8.94. The summed E-state index contributed by atoms with van der Waals surface area (Å²) in [5.41, 5.74) is 1.90. The number of ether oxygens (including phenoxy) is 1. The van der Waals surface area contributed by atoms with E-state index in [0.29, 0.717) is 11.3 Å². The molecule has 0 heterocycles. The van der Waals surface area contributed by atoms with Crippen molar-refractivity contribution in [2.75, 3.05) is 0 Å². The lowest BCUT2D eigenvalue weighted by Crippen LogP contribution is -1.88. The number of nitriles is 1. The lowest BCUT2D eigenvalue weighted by molar-refractivity contribution is 0.482. The molecule has 2 rings (SSSR count). The summed E-state index contributed by atoms with van der Waals surface area (Å²) >= 11 is 3.38. The van der Waals surface area contributed by atoms with E-state index in [4.69, 9.17) is 10.00 Å². The number of benzene rings is 2. The Balaban J connectivity index is 2.10. The molecule has 3 heteroatoms. The minimum Gasteiger partial charge on any atom is -0.457 e. The number of aryl methyl sites for hydroxylation is 1. The SMILES string of the molecule is CCCCc1ccc(Oc2cc(Br)cc(C#N)c2)cc1. The Bertz CT molecular complexity index is 614. The highest BCUT2D eigenvalue weighted by Gasteiger charge is 2.02. The van der Waals surface area contributed by atoms with Crippen LogP contribution in [0.3, 0.4) is 0 Å². The maximum atomic E-state index is 8.94. The molecule has 2 aromatic rings. The van der Waals surface area contributed by atoms with Crippen molar-refractivity contribution in [2.24, 2.45) is 0 Å². The molecule has 2 nitrogen and oxygen atoms in total. The largest absolute Gasteiger partial charge is 0.457 e. The predicted molar refractivity (Wildman–Crippen MR) is 84.0 cm³/mol. The van der Waals surface area contributed by atoms with Crippen LogP contribution in [0, 0.1) is 11.3 Å². The smallest absolute Gasteiger partial charge is 0.129 e. The third-order valence-corrected chi connectivity index (χ3v) is 3.44. The molecular weight excluding hydrogens is 314 g/mol. The van der Waals surface area contributed by atoms with Crippen LogP contribution in [-0.4, -0.2) is 0 Å². The lowest BCUT2D eigenvalue weighted by Gasteiger charge is -2.07. The Hall–Kier alpha value is -1.79. The van der Waals surface area contributed by atoms with Gasteiger partial charge in [-0.1, -0.05) is 41.4 Å². The zero-order chi connectivity index (χ0) is 14.4. The standard InChI is InChI=1S/C17H16BrNO/c1-2-3-4-13-5-7-16(8-6-13)20-17-10-14(12-19)9-15(18)11-17/h5-11H,2-4H2,1H3. The summed E-state index contributed by atoms with van der Waals surface area (Å²) in [6.45, 7) is 2.19. The molecule has 0 radical (unpaired) electrons. The second kappa shape index (κ2) is 7.12. The van der Waals surface area contributed by atoms with Gasteiger partial charge in [0, 0.05) is 4.47 Å². The van der Waals surface area contributed by atoms with Crippen LogP contribution >= 0.6 is 15.9 Å². The molecule has 2 aromatic carbocycles. The number of halogens is 1. The summed E-state index contributed by atoms with van der Waals surface area (Å²) in [7, 11) is 0. The molecule has 0 aliphatic carbocycles. The van der Waals surface area contributed by atoms with Gasteiger partial charge in [-0.2, -0.15) is 5.26 Å². The van der Waals surface area contributed by atoms with Gasteiger partial charge in [0.05, 0.1) is 11.6 Å². The predicted octanol–water partition coefficient (Wildman–Crippen LogP) is 5.46. The van der Waals surface area contributed by atoms with Gasteiger partial charge < -0.3 is 4.74 Å². The maximum absolute atomic E-state index is 8.94. The quantitative estimate of drug-likeness (QED) is 0.730. The van der Waals surface area contributed by atoms with E-state index in [-0.39, 0.29) is 0 Å². The van der Waals surface area contributed by atoms with Gasteiger partial charge in [-0.15, -0.1) is 0 Å². The van der Waals surface area contributed by atoms with E-state index < -0.39 is 0 Å². The highest BCUT2D eigenvalue weighted by atomic mass is 79.9. The number of rotatable bonds is 5. The number of hydrogen-bond acceptors (Lipinski definition) is 2. The van der Waals surface area contributed by atoms with Crippen molar-refractivity contribution in [3.8, 4) is 17.6 Å². The summed E-state index contributed by atoms with van der Waals surface area (Å²) in [5.74, 6) is 1.45. The second-order valence-electron chi connectivity index (χ2n) is 4.64. The molecule has 0 amide bonds. The van der Waals surface area contributed by atoms with E-state index in [0.717, 1.165) is 16.6 Å². The highest BCUT2D eigenvalue weighted by molar-refractivity contribution is 9.10. The van der Waals surface area contributed by atoms with E-state index in [1.165, 1.54) is 18.4 Å². The molecule has 20 heavy (non-hydrogen) atoms. The average molecular weight is 330 g/mol. The third kappa shape index (κ3) is 4.11. The Morgan fingerprint density at radius 1 is 1.10 bits per heavy atom. The van der Waals surface area contributed by atoms with E-state index in [9.17, 15) is 0 Å². The molecule has 0 saturated heterocycles. The molecule has 102 valence electrons. The van der Waals surface area contributed by atoms with Gasteiger partial charge >= 0.3 is 0 Å². The first-order valence-electron chi connectivity index (χ1n) is 6.68. The first kappa shape index (κ1) is 14.6. The molecule has 0 aliphatic rings. The van der Waals surface area contributed by atoms with Crippen molar-refractivity contribution in [1.82, 2.24) is 0 Å². The molecule has 0 unspecified atom stereocenters. The van der Waals surface area contributed by atoms with Crippen molar-refractivity contribution >= 4 is 15.9 Å². The zero-order valence-electron chi connectivity index (χ0n) is 11.4. The zero-order valence-corrected chi connectivity index (χ0v) is 13.0. The first-order valence-corrected chi connectivity index (χ1v) is 7.48. The molecule has 0 aromatic heterocycles. The summed E-state index contributed by atoms with van der Waals surface area (Å²) in [4.78, 5) is 0. The van der Waals surface area contributed by atoms with Crippen molar-refractivity contribution in [3.63, 3.8) is 0 Å². The lowest BCUT2D eigenvalue weighted by atomic mass is 10.1. The fourth-order valence-corrected chi connectivity index (χ4v) is 2.40. The van der Waals surface area contributed by atoms with E-state index in [2.05, 4.69) is 41.1 Å². The van der Waals surface area contributed by atoms with Crippen LogP contribution in [0.2, 0.25) is 0 Å². The van der Waals surface area contributed by atoms with Crippen LogP contribution in [-0.2, 0) is 6.42 Å². The number of unbranched alkanes of at least 4 members (excludes halogenated alkanes) is 1. The van der Waals surface area contributed by atoms with E-state index >= 15 is 0 Å². The number of hydrogen-bond donors (Lipinski definition) is 0. The van der Waals surface area contributed by atoms with Crippen molar-refractivity contribution < 1.29 is 4.74 Å². The number of nitrogens with zero attached hydrogens (tertiary/aromatic N) is 1. The maximum Gasteiger partial charge on any atom is 0.129 e. The van der Waals surface area contributed by atoms with E-state index in [1.807, 2.05) is 18.2 Å². The molecule has 0 spiro atoms.